The molecule has 3 aliphatic rings. The number of ether oxygens (including phenoxy) is 1. The van der Waals surface area contributed by atoms with Gasteiger partial charge in [-0.1, -0.05) is 0 Å². The summed E-state index contributed by atoms with van der Waals surface area (Å²) < 4.78 is 5.11. The zero-order chi connectivity index (χ0) is 16.8. The van der Waals surface area contributed by atoms with Gasteiger partial charge >= 0.3 is 0 Å². The highest BCUT2D eigenvalue weighted by Gasteiger charge is 2.51. The highest BCUT2D eigenvalue weighted by atomic mass is 16.5. The van der Waals surface area contributed by atoms with E-state index in [2.05, 4.69) is 0 Å². The van der Waals surface area contributed by atoms with Crippen LogP contribution in [0.15, 0.2) is 24.3 Å². The van der Waals surface area contributed by atoms with Crippen LogP contribution in [0.2, 0.25) is 0 Å². The SMILES string of the molecule is COc1ccc(N2C(=O)CC(N(C(=O)C3CC3)C3CC3)C2=O)cc1. The Balaban J connectivity index is 1.58. The fraction of sp³-hybridized carbons (Fsp3) is 0.500. The highest BCUT2D eigenvalue weighted by molar-refractivity contribution is 6.23. The lowest BCUT2D eigenvalue weighted by Crippen LogP contribution is -2.47. The maximum atomic E-state index is 12.9. The second-order valence-corrected chi connectivity index (χ2v) is 6.74. The molecule has 0 aromatic heterocycles. The van der Waals surface area contributed by atoms with Crippen LogP contribution in [0, 0.1) is 5.92 Å². The number of rotatable bonds is 5. The van der Waals surface area contributed by atoms with Gasteiger partial charge < -0.3 is 9.64 Å². The smallest absolute Gasteiger partial charge is 0.257 e. The summed E-state index contributed by atoms with van der Waals surface area (Å²) in [4.78, 5) is 40.8. The second-order valence-electron chi connectivity index (χ2n) is 6.74. The Labute approximate surface area is 140 Å². The van der Waals surface area contributed by atoms with Crippen molar-refractivity contribution in [2.45, 2.75) is 44.2 Å². The van der Waals surface area contributed by atoms with E-state index in [1.807, 2.05) is 0 Å². The van der Waals surface area contributed by atoms with Crippen molar-refractivity contribution < 1.29 is 19.1 Å². The number of hydrogen-bond acceptors (Lipinski definition) is 4. The molecule has 0 spiro atoms. The molecule has 1 aliphatic heterocycles. The number of nitrogens with zero attached hydrogens (tertiary/aromatic N) is 2. The Morgan fingerprint density at radius 1 is 1.12 bits per heavy atom. The molecule has 6 nitrogen and oxygen atoms in total. The van der Waals surface area contributed by atoms with Gasteiger partial charge in [0.25, 0.3) is 5.91 Å². The molecule has 3 amide bonds. The van der Waals surface area contributed by atoms with Crippen molar-refractivity contribution >= 4 is 23.4 Å². The summed E-state index contributed by atoms with van der Waals surface area (Å²) in [6.07, 6.45) is 3.75. The van der Waals surface area contributed by atoms with Crippen LogP contribution in [0.4, 0.5) is 5.69 Å². The highest BCUT2D eigenvalue weighted by Crippen LogP contribution is 2.39. The Hall–Kier alpha value is -2.37. The van der Waals surface area contributed by atoms with Crippen molar-refractivity contribution in [3.8, 4) is 5.75 Å². The van der Waals surface area contributed by atoms with E-state index in [1.165, 1.54) is 4.90 Å². The van der Waals surface area contributed by atoms with Gasteiger partial charge in [-0.3, -0.25) is 14.4 Å². The molecule has 1 heterocycles. The Morgan fingerprint density at radius 3 is 2.33 bits per heavy atom. The largest absolute Gasteiger partial charge is 0.497 e. The van der Waals surface area contributed by atoms with Crippen LogP contribution in [0.5, 0.6) is 5.75 Å². The first-order valence-corrected chi connectivity index (χ1v) is 8.43. The zero-order valence-corrected chi connectivity index (χ0v) is 13.6. The van der Waals surface area contributed by atoms with Gasteiger partial charge in [-0.15, -0.1) is 0 Å². The number of imide groups is 1. The Bertz CT molecular complexity index is 691. The number of anilines is 1. The molecule has 1 saturated heterocycles. The quantitative estimate of drug-likeness (QED) is 0.772. The average molecular weight is 328 g/mol. The molecule has 1 unspecified atom stereocenters. The fourth-order valence-electron chi connectivity index (χ4n) is 3.32. The molecule has 0 radical (unpaired) electrons. The van der Waals surface area contributed by atoms with E-state index in [0.717, 1.165) is 25.7 Å². The first-order chi connectivity index (χ1) is 11.6. The van der Waals surface area contributed by atoms with Crippen molar-refractivity contribution in [3.05, 3.63) is 24.3 Å². The monoisotopic (exact) mass is 328 g/mol. The van der Waals surface area contributed by atoms with Crippen molar-refractivity contribution in [2.24, 2.45) is 5.92 Å². The zero-order valence-electron chi connectivity index (χ0n) is 13.6. The summed E-state index contributed by atoms with van der Waals surface area (Å²) in [7, 11) is 1.56. The molecule has 1 aromatic rings. The number of carbonyl (C=O) groups excluding carboxylic acids is 3. The third kappa shape index (κ3) is 2.56. The number of hydrogen-bond donors (Lipinski definition) is 0. The Kier molecular flexibility index (Phi) is 3.55. The van der Waals surface area contributed by atoms with Crippen molar-refractivity contribution in [1.82, 2.24) is 4.90 Å². The van der Waals surface area contributed by atoms with Crippen LogP contribution in [0.1, 0.15) is 32.1 Å². The maximum Gasteiger partial charge on any atom is 0.257 e. The summed E-state index contributed by atoms with van der Waals surface area (Å²) in [5.74, 6) is 0.247. The van der Waals surface area contributed by atoms with E-state index >= 15 is 0 Å². The topological polar surface area (TPSA) is 66.9 Å². The van der Waals surface area contributed by atoms with Gasteiger partial charge in [0, 0.05) is 12.0 Å². The third-order valence-electron chi connectivity index (χ3n) is 4.91. The minimum Gasteiger partial charge on any atom is -0.497 e. The number of benzene rings is 1. The molecule has 126 valence electrons. The first-order valence-electron chi connectivity index (χ1n) is 8.43. The average Bonchev–Trinajstić information content (AvgIpc) is 3.47. The molecule has 0 N–H and O–H groups in total. The molecule has 2 aliphatic carbocycles. The molecule has 24 heavy (non-hydrogen) atoms. The minimum atomic E-state index is -0.639. The van der Waals surface area contributed by atoms with Crippen LogP contribution in [0.3, 0.4) is 0 Å². The summed E-state index contributed by atoms with van der Waals surface area (Å²) in [5.41, 5.74) is 0.530. The molecular weight excluding hydrogens is 308 g/mol. The van der Waals surface area contributed by atoms with Gasteiger partial charge in [-0.25, -0.2) is 4.90 Å². The second kappa shape index (κ2) is 5.61. The third-order valence-corrected chi connectivity index (χ3v) is 4.91. The molecule has 1 aromatic carbocycles. The van der Waals surface area contributed by atoms with E-state index in [0.29, 0.717) is 11.4 Å². The standard InChI is InChI=1S/C18H20N2O4/c1-24-14-8-6-13(7-9-14)20-16(21)10-15(18(20)23)19(12-4-5-12)17(22)11-2-3-11/h6-9,11-12,15H,2-5,10H2,1H3. The van der Waals surface area contributed by atoms with Crippen molar-refractivity contribution in [1.29, 1.82) is 0 Å². The molecule has 1 atom stereocenters. The van der Waals surface area contributed by atoms with Crippen molar-refractivity contribution in [2.75, 3.05) is 12.0 Å². The van der Waals surface area contributed by atoms with Gasteiger partial charge in [0.2, 0.25) is 11.8 Å². The van der Waals surface area contributed by atoms with Crippen LogP contribution in [-0.2, 0) is 14.4 Å². The molecule has 2 saturated carbocycles. The van der Waals surface area contributed by atoms with Gasteiger partial charge in [0.15, 0.2) is 0 Å². The van der Waals surface area contributed by atoms with Crippen molar-refractivity contribution in [3.63, 3.8) is 0 Å². The van der Waals surface area contributed by atoms with Gasteiger partial charge in [-0.05, 0) is 49.9 Å². The van der Waals surface area contributed by atoms with Crippen LogP contribution in [-0.4, -0.2) is 41.8 Å². The fourth-order valence-corrected chi connectivity index (χ4v) is 3.32. The summed E-state index contributed by atoms with van der Waals surface area (Å²) >= 11 is 0. The van der Waals surface area contributed by atoms with E-state index in [9.17, 15) is 14.4 Å². The van der Waals surface area contributed by atoms with Gasteiger partial charge in [-0.2, -0.15) is 0 Å². The van der Waals surface area contributed by atoms with Crippen LogP contribution in [0.25, 0.3) is 0 Å². The molecular formula is C18H20N2O4. The molecule has 3 fully saturated rings. The molecule has 0 bridgehead atoms. The first kappa shape index (κ1) is 15.2. The predicted molar refractivity (Wildman–Crippen MR) is 86.5 cm³/mol. The summed E-state index contributed by atoms with van der Waals surface area (Å²) in [5, 5.41) is 0. The lowest BCUT2D eigenvalue weighted by atomic mass is 10.1. The van der Waals surface area contributed by atoms with Crippen LogP contribution < -0.4 is 9.64 Å². The van der Waals surface area contributed by atoms with Gasteiger partial charge in [0.1, 0.15) is 11.8 Å². The van der Waals surface area contributed by atoms with E-state index in [4.69, 9.17) is 4.74 Å². The lowest BCUT2D eigenvalue weighted by Gasteiger charge is -2.27. The number of amides is 3. The van der Waals surface area contributed by atoms with Crippen LogP contribution >= 0.6 is 0 Å². The molecule has 4 rings (SSSR count). The summed E-state index contributed by atoms with van der Waals surface area (Å²) in [6.45, 7) is 0. The van der Waals surface area contributed by atoms with E-state index in [1.54, 1.807) is 36.3 Å². The maximum absolute atomic E-state index is 12.9. The lowest BCUT2D eigenvalue weighted by molar-refractivity contribution is -0.140. The summed E-state index contributed by atoms with van der Waals surface area (Å²) in [6, 6.07) is 6.33. The molecule has 6 heteroatoms. The minimum absolute atomic E-state index is 0.0558. The van der Waals surface area contributed by atoms with Gasteiger partial charge in [0.05, 0.1) is 19.2 Å². The normalized spacial score (nSPS) is 23.5. The number of carbonyl (C=O) groups is 3. The Morgan fingerprint density at radius 2 is 1.79 bits per heavy atom. The van der Waals surface area contributed by atoms with E-state index < -0.39 is 6.04 Å². The van der Waals surface area contributed by atoms with E-state index in [-0.39, 0.29) is 36.1 Å². The number of methoxy groups -OCH3 is 1. The predicted octanol–water partition coefficient (Wildman–Crippen LogP) is 1.73.